The van der Waals surface area contributed by atoms with E-state index < -0.39 is 16.6 Å². The first-order valence-electron chi connectivity index (χ1n) is 8.32. The fourth-order valence-corrected chi connectivity index (χ4v) is 2.29. The van der Waals surface area contributed by atoms with Gasteiger partial charge in [0.2, 0.25) is 0 Å². The largest absolute Gasteiger partial charge is 0.448 e. The van der Waals surface area contributed by atoms with Gasteiger partial charge in [-0.1, -0.05) is 39.3 Å². The van der Waals surface area contributed by atoms with Gasteiger partial charge < -0.3 is 20.2 Å². The number of pyridine rings is 2. The summed E-state index contributed by atoms with van der Waals surface area (Å²) in [5.41, 5.74) is 0.545. The molecule has 3 aromatic heterocycles. The number of hydrogen-bond donors (Lipinski definition) is 1. The minimum atomic E-state index is -0.653. The Labute approximate surface area is 161 Å². The zero-order chi connectivity index (χ0) is 20.6. The summed E-state index contributed by atoms with van der Waals surface area (Å²) in [5.74, 6) is -0.433. The lowest BCUT2D eigenvalue weighted by molar-refractivity contribution is -0.388. The minimum Gasteiger partial charge on any atom is -0.448 e. The monoisotopic (exact) mass is 397 g/mol. The fourth-order valence-electron chi connectivity index (χ4n) is 2.03. The molecule has 0 saturated carbocycles. The first-order chi connectivity index (χ1) is 13.0. The molecule has 27 heavy (non-hydrogen) atoms. The van der Waals surface area contributed by atoms with Crippen molar-refractivity contribution in [1.29, 1.82) is 0 Å². The van der Waals surface area contributed by atoms with Crippen molar-refractivity contribution in [2.45, 2.75) is 27.7 Å². The van der Waals surface area contributed by atoms with E-state index in [1.807, 2.05) is 27.7 Å². The molecule has 1 N–H and O–H groups in total. The van der Waals surface area contributed by atoms with Crippen molar-refractivity contribution >= 4 is 28.6 Å². The van der Waals surface area contributed by atoms with Crippen molar-refractivity contribution in [3.8, 4) is 11.5 Å². The Kier molecular flexibility index (Phi) is 8.40. The molecule has 3 aromatic rings. The number of nitrogens with one attached hydrogen (secondary N) is 1. The fraction of sp³-hybridized carbons (Fsp3) is 0.294. The van der Waals surface area contributed by atoms with Crippen molar-refractivity contribution < 1.29 is 14.1 Å². The topological polar surface area (TPSA) is 94.6 Å². The van der Waals surface area contributed by atoms with Crippen LogP contribution in [0.1, 0.15) is 27.7 Å². The van der Waals surface area contributed by atoms with E-state index in [-0.39, 0.29) is 16.5 Å². The van der Waals surface area contributed by atoms with Crippen LogP contribution in [0.5, 0.6) is 11.5 Å². The molecular weight excluding hydrogens is 377 g/mol. The zero-order valence-corrected chi connectivity index (χ0v) is 16.4. The van der Waals surface area contributed by atoms with Gasteiger partial charge in [0, 0.05) is 7.05 Å². The Balaban J connectivity index is 0.000000855. The summed E-state index contributed by atoms with van der Waals surface area (Å²) in [4.78, 5) is 14.0. The number of fused-ring (bicyclic) bond motifs is 1. The summed E-state index contributed by atoms with van der Waals surface area (Å²) in [6, 6.07) is 2.75. The summed E-state index contributed by atoms with van der Waals surface area (Å²) < 4.78 is 20.1. The van der Waals surface area contributed by atoms with Crippen LogP contribution in [0.4, 0.5) is 15.9 Å². The van der Waals surface area contributed by atoms with Crippen molar-refractivity contribution in [2.24, 2.45) is 0 Å². The number of aromatic nitrogens is 3. The third-order valence-electron chi connectivity index (χ3n) is 3.05. The molecule has 146 valence electrons. The minimum absolute atomic E-state index is 0.00987. The van der Waals surface area contributed by atoms with Crippen molar-refractivity contribution in [3.05, 3.63) is 51.7 Å². The predicted octanol–water partition coefficient (Wildman–Crippen LogP) is 5.32. The zero-order valence-electron chi connectivity index (χ0n) is 15.7. The molecule has 3 rings (SSSR count). The standard InChI is InChI=1S/C13H9ClFN5O3.2C2H6/c1-16-12-11(14)10(4-17-13(12)20(21)22)23-9-5-18-19-6-7(15)2-3-8(9)19;2*1-2/h2-6,16H,1H3;2*1-2H3. The molecule has 0 fully saturated rings. The third-order valence-corrected chi connectivity index (χ3v) is 3.43. The quantitative estimate of drug-likeness (QED) is 0.473. The predicted molar refractivity (Wildman–Crippen MR) is 103 cm³/mol. The second kappa shape index (κ2) is 10.3. The van der Waals surface area contributed by atoms with Crippen LogP contribution in [0.15, 0.2) is 30.7 Å². The number of nitrogens with zero attached hydrogens (tertiary/aromatic N) is 4. The highest BCUT2D eigenvalue weighted by molar-refractivity contribution is 6.35. The van der Waals surface area contributed by atoms with Crippen LogP contribution in [0, 0.1) is 15.9 Å². The Morgan fingerprint density at radius 3 is 2.48 bits per heavy atom. The SMILES string of the molecule is CC.CC.CNc1c([N+](=O)[O-])ncc(Oc2cnn3cc(F)ccc23)c1Cl. The summed E-state index contributed by atoms with van der Waals surface area (Å²) in [5, 5.41) is 17.5. The lowest BCUT2D eigenvalue weighted by Gasteiger charge is -2.08. The number of ether oxygens (including phenoxy) is 1. The summed E-state index contributed by atoms with van der Waals surface area (Å²) in [6.45, 7) is 8.00. The third kappa shape index (κ3) is 4.82. The Morgan fingerprint density at radius 2 is 1.89 bits per heavy atom. The molecule has 0 aromatic carbocycles. The average molecular weight is 398 g/mol. The number of nitro groups is 1. The molecule has 0 bridgehead atoms. The van der Waals surface area contributed by atoms with Crippen LogP contribution in [0.25, 0.3) is 5.52 Å². The molecule has 0 unspecified atom stereocenters. The number of rotatable bonds is 4. The van der Waals surface area contributed by atoms with E-state index in [4.69, 9.17) is 16.3 Å². The van der Waals surface area contributed by atoms with Crippen LogP contribution >= 0.6 is 11.6 Å². The van der Waals surface area contributed by atoms with Gasteiger partial charge in [-0.3, -0.25) is 0 Å². The van der Waals surface area contributed by atoms with E-state index in [0.717, 1.165) is 6.20 Å². The molecule has 10 heteroatoms. The molecule has 8 nitrogen and oxygen atoms in total. The van der Waals surface area contributed by atoms with Crippen LogP contribution < -0.4 is 10.1 Å². The van der Waals surface area contributed by atoms with E-state index in [2.05, 4.69) is 15.4 Å². The highest BCUT2D eigenvalue weighted by atomic mass is 35.5. The van der Waals surface area contributed by atoms with Gasteiger partial charge >= 0.3 is 5.82 Å². The molecule has 0 aliphatic heterocycles. The molecule has 0 aliphatic carbocycles. The highest BCUT2D eigenvalue weighted by Gasteiger charge is 2.23. The lowest BCUT2D eigenvalue weighted by Crippen LogP contribution is -2.01. The maximum atomic E-state index is 13.2. The van der Waals surface area contributed by atoms with Crippen LogP contribution in [0.3, 0.4) is 0 Å². The van der Waals surface area contributed by atoms with E-state index in [1.54, 1.807) is 0 Å². The molecule has 3 heterocycles. The molecule has 0 saturated heterocycles. The van der Waals surface area contributed by atoms with E-state index >= 15 is 0 Å². The molecule has 0 radical (unpaired) electrons. The van der Waals surface area contributed by atoms with Crippen LogP contribution in [-0.4, -0.2) is 26.6 Å². The molecule has 0 amide bonds. The Bertz CT molecular complexity index is 917. The average Bonchev–Trinajstić information content (AvgIpc) is 3.08. The lowest BCUT2D eigenvalue weighted by atomic mass is 10.3. The second-order valence-corrected chi connectivity index (χ2v) is 4.81. The summed E-state index contributed by atoms with van der Waals surface area (Å²) in [7, 11) is 1.48. The Morgan fingerprint density at radius 1 is 1.22 bits per heavy atom. The highest BCUT2D eigenvalue weighted by Crippen LogP contribution is 2.39. The van der Waals surface area contributed by atoms with Gasteiger partial charge in [0.1, 0.15) is 16.4 Å². The van der Waals surface area contributed by atoms with E-state index in [9.17, 15) is 14.5 Å². The van der Waals surface area contributed by atoms with Gasteiger partial charge in [0.25, 0.3) is 0 Å². The summed E-state index contributed by atoms with van der Waals surface area (Å²) >= 11 is 6.13. The first-order valence-corrected chi connectivity index (χ1v) is 8.70. The molecular formula is C17H21ClFN5O3. The maximum absolute atomic E-state index is 13.2. The smallest absolute Gasteiger partial charge is 0.388 e. The molecule has 0 atom stereocenters. The van der Waals surface area contributed by atoms with Gasteiger partial charge in [-0.25, -0.2) is 8.91 Å². The maximum Gasteiger partial charge on any atom is 0.388 e. The van der Waals surface area contributed by atoms with Gasteiger partial charge in [-0.2, -0.15) is 5.10 Å². The van der Waals surface area contributed by atoms with E-state index in [1.165, 1.54) is 36.1 Å². The molecule has 0 spiro atoms. The number of hydrogen-bond acceptors (Lipinski definition) is 6. The normalized spacial score (nSPS) is 9.59. The first kappa shape index (κ1) is 22.1. The van der Waals surface area contributed by atoms with Gasteiger partial charge in [-0.05, 0) is 22.0 Å². The Hall–Kier alpha value is -2.94. The number of halogens is 2. The van der Waals surface area contributed by atoms with Gasteiger partial charge in [0.15, 0.2) is 23.4 Å². The summed E-state index contributed by atoms with van der Waals surface area (Å²) in [6.07, 6.45) is 3.72. The van der Waals surface area contributed by atoms with Crippen molar-refractivity contribution in [1.82, 2.24) is 14.6 Å². The number of anilines is 1. The van der Waals surface area contributed by atoms with Gasteiger partial charge in [-0.15, -0.1) is 0 Å². The van der Waals surface area contributed by atoms with Crippen molar-refractivity contribution in [2.75, 3.05) is 12.4 Å². The molecule has 0 aliphatic rings. The second-order valence-electron chi connectivity index (χ2n) is 4.43. The van der Waals surface area contributed by atoms with Gasteiger partial charge in [0.05, 0.1) is 12.4 Å². The van der Waals surface area contributed by atoms with Crippen LogP contribution in [-0.2, 0) is 0 Å². The van der Waals surface area contributed by atoms with Crippen molar-refractivity contribution in [3.63, 3.8) is 0 Å². The van der Waals surface area contributed by atoms with Crippen LogP contribution in [0.2, 0.25) is 5.02 Å². The van der Waals surface area contributed by atoms with E-state index in [0.29, 0.717) is 11.3 Å².